The molecule has 0 amide bonds. The monoisotopic (exact) mass is 340 g/mol. The first-order valence-corrected chi connectivity index (χ1v) is 9.55. The number of rotatable bonds is 6. The van der Waals surface area contributed by atoms with Crippen molar-refractivity contribution < 1.29 is 23.1 Å². The average Bonchev–Trinajstić information content (AvgIpc) is 2.80. The Balaban J connectivity index is 2.41. The first-order chi connectivity index (χ1) is 10.7. The molecule has 1 saturated heterocycles. The third kappa shape index (κ3) is 4.23. The number of hydrogen-bond acceptors (Lipinski definition) is 5. The third-order valence-corrected chi connectivity index (χ3v) is 6.30. The highest BCUT2D eigenvalue weighted by Crippen LogP contribution is 2.62. The number of ether oxygens (including phenoxy) is 1. The maximum Gasteiger partial charge on any atom is 0.338 e. The van der Waals surface area contributed by atoms with Gasteiger partial charge < -0.3 is 13.8 Å². The van der Waals surface area contributed by atoms with Crippen LogP contribution in [0.15, 0.2) is 24.3 Å². The van der Waals surface area contributed by atoms with Gasteiger partial charge >= 0.3 is 13.6 Å². The number of carbonyl (C=O) groups is 1. The van der Waals surface area contributed by atoms with E-state index in [0.717, 1.165) is 11.1 Å². The largest absolute Gasteiger partial charge is 0.456 e. The van der Waals surface area contributed by atoms with E-state index in [1.165, 1.54) is 0 Å². The molecular formula is C17H25O5P. The summed E-state index contributed by atoms with van der Waals surface area (Å²) in [5, 5.41) is 0. The van der Waals surface area contributed by atoms with Crippen LogP contribution in [0, 0.1) is 6.92 Å². The summed E-state index contributed by atoms with van der Waals surface area (Å²) < 4.78 is 30.2. The van der Waals surface area contributed by atoms with E-state index in [2.05, 4.69) is 0 Å². The number of hydrogen-bond donors (Lipinski definition) is 0. The van der Waals surface area contributed by atoms with E-state index in [1.54, 1.807) is 27.7 Å². The molecule has 0 bridgehead atoms. The molecule has 1 aliphatic heterocycles. The molecule has 0 saturated carbocycles. The molecule has 2 rings (SSSR count). The van der Waals surface area contributed by atoms with E-state index < -0.39 is 19.4 Å². The Bertz CT molecular complexity index is 597. The lowest BCUT2D eigenvalue weighted by atomic mass is 10.0. The molecule has 2 atom stereocenters. The standard InChI is InChI=1S/C17H25O5P/c1-11(2)21-23(19,22-12(3)4)15-10-16(18)20-17(15)14-9-7-6-8-13(14)5/h6-9,11-12,15,17H,10H2,1-5H3/t15-,17+/m1/s1. The van der Waals surface area contributed by atoms with Crippen molar-refractivity contribution in [3.63, 3.8) is 0 Å². The van der Waals surface area contributed by atoms with E-state index in [0.29, 0.717) is 0 Å². The molecule has 0 aliphatic carbocycles. The lowest BCUT2D eigenvalue weighted by Gasteiger charge is -2.29. The number of esters is 1. The predicted octanol–water partition coefficient (Wildman–Crippen LogP) is 4.39. The van der Waals surface area contributed by atoms with Crippen LogP contribution >= 0.6 is 7.60 Å². The molecule has 1 aliphatic rings. The number of aryl methyl sites for hydroxylation is 1. The minimum absolute atomic E-state index is 0.0374. The molecule has 6 heteroatoms. The average molecular weight is 340 g/mol. The molecular weight excluding hydrogens is 315 g/mol. The highest BCUT2D eigenvalue weighted by Gasteiger charge is 2.51. The van der Waals surface area contributed by atoms with Gasteiger partial charge in [-0.05, 0) is 45.7 Å². The molecule has 1 aromatic rings. The maximum atomic E-state index is 13.4. The normalized spacial score (nSPS) is 22.0. The summed E-state index contributed by atoms with van der Waals surface area (Å²) in [6.07, 6.45) is -1.11. The van der Waals surface area contributed by atoms with Crippen molar-refractivity contribution in [2.75, 3.05) is 0 Å². The highest BCUT2D eigenvalue weighted by molar-refractivity contribution is 7.54. The van der Waals surface area contributed by atoms with Gasteiger partial charge in [0.25, 0.3) is 0 Å². The Labute approximate surface area is 137 Å². The van der Waals surface area contributed by atoms with E-state index in [4.69, 9.17) is 13.8 Å². The van der Waals surface area contributed by atoms with Gasteiger partial charge in [-0.3, -0.25) is 9.36 Å². The van der Waals surface area contributed by atoms with Crippen molar-refractivity contribution in [2.45, 2.75) is 65.0 Å². The summed E-state index contributed by atoms with van der Waals surface area (Å²) in [4.78, 5) is 11.9. The predicted molar refractivity (Wildman–Crippen MR) is 88.5 cm³/mol. The molecule has 0 unspecified atom stereocenters. The fourth-order valence-electron chi connectivity index (χ4n) is 2.77. The van der Waals surface area contributed by atoms with Crippen molar-refractivity contribution in [1.82, 2.24) is 0 Å². The van der Waals surface area contributed by atoms with Gasteiger partial charge in [-0.2, -0.15) is 0 Å². The van der Waals surface area contributed by atoms with Crippen molar-refractivity contribution in [1.29, 1.82) is 0 Å². The van der Waals surface area contributed by atoms with Gasteiger partial charge in [-0.15, -0.1) is 0 Å². The molecule has 0 spiro atoms. The number of cyclic esters (lactones) is 1. The minimum Gasteiger partial charge on any atom is -0.456 e. The van der Waals surface area contributed by atoms with Gasteiger partial charge in [0, 0.05) is 0 Å². The maximum absolute atomic E-state index is 13.4. The quantitative estimate of drug-likeness (QED) is 0.567. The van der Waals surface area contributed by atoms with E-state index in [-0.39, 0.29) is 24.6 Å². The summed E-state index contributed by atoms with van der Waals surface area (Å²) in [5.74, 6) is -0.372. The Hall–Kier alpha value is -1.16. The van der Waals surface area contributed by atoms with E-state index >= 15 is 0 Å². The van der Waals surface area contributed by atoms with Crippen LogP contribution in [-0.4, -0.2) is 23.8 Å². The van der Waals surface area contributed by atoms with Gasteiger partial charge in [-0.1, -0.05) is 24.3 Å². The van der Waals surface area contributed by atoms with Crippen molar-refractivity contribution in [3.05, 3.63) is 35.4 Å². The lowest BCUT2D eigenvalue weighted by molar-refractivity contribution is -0.141. The topological polar surface area (TPSA) is 61.8 Å². The van der Waals surface area contributed by atoms with Crippen LogP contribution < -0.4 is 0 Å². The van der Waals surface area contributed by atoms with Gasteiger partial charge in [0.15, 0.2) is 0 Å². The molecule has 1 fully saturated rings. The van der Waals surface area contributed by atoms with Gasteiger partial charge in [0.05, 0.1) is 18.6 Å². The molecule has 128 valence electrons. The summed E-state index contributed by atoms with van der Waals surface area (Å²) >= 11 is 0. The molecule has 1 heterocycles. The fraction of sp³-hybridized carbons (Fsp3) is 0.588. The van der Waals surface area contributed by atoms with Crippen LogP contribution in [-0.2, 0) is 23.1 Å². The zero-order valence-electron chi connectivity index (χ0n) is 14.3. The molecule has 0 aromatic heterocycles. The summed E-state index contributed by atoms with van der Waals surface area (Å²) in [6.45, 7) is 9.15. The van der Waals surface area contributed by atoms with Crippen LogP contribution in [0.2, 0.25) is 0 Å². The van der Waals surface area contributed by atoms with Crippen molar-refractivity contribution >= 4 is 13.6 Å². The Kier molecular flexibility index (Phi) is 5.66. The van der Waals surface area contributed by atoms with Gasteiger partial charge in [0.1, 0.15) is 11.8 Å². The van der Waals surface area contributed by atoms with E-state index in [1.807, 2.05) is 31.2 Å². The first kappa shape index (κ1) is 18.2. The van der Waals surface area contributed by atoms with Crippen LogP contribution in [0.3, 0.4) is 0 Å². The molecule has 5 nitrogen and oxygen atoms in total. The zero-order valence-corrected chi connectivity index (χ0v) is 15.2. The third-order valence-electron chi connectivity index (χ3n) is 3.60. The molecule has 23 heavy (non-hydrogen) atoms. The summed E-state index contributed by atoms with van der Waals surface area (Å²) in [7, 11) is -3.50. The van der Waals surface area contributed by atoms with Crippen LogP contribution in [0.1, 0.15) is 51.3 Å². The first-order valence-electron chi connectivity index (χ1n) is 7.94. The second kappa shape index (κ2) is 7.16. The highest BCUT2D eigenvalue weighted by atomic mass is 31.2. The van der Waals surface area contributed by atoms with E-state index in [9.17, 15) is 9.36 Å². The van der Waals surface area contributed by atoms with Crippen LogP contribution in [0.5, 0.6) is 0 Å². The van der Waals surface area contributed by atoms with Crippen molar-refractivity contribution in [3.8, 4) is 0 Å². The molecule has 0 radical (unpaired) electrons. The van der Waals surface area contributed by atoms with Crippen molar-refractivity contribution in [2.24, 2.45) is 0 Å². The van der Waals surface area contributed by atoms with Gasteiger partial charge in [0.2, 0.25) is 0 Å². The van der Waals surface area contributed by atoms with Gasteiger partial charge in [-0.25, -0.2) is 0 Å². The Morgan fingerprint density at radius 3 is 2.22 bits per heavy atom. The Morgan fingerprint density at radius 1 is 1.13 bits per heavy atom. The number of carbonyl (C=O) groups excluding carboxylic acids is 1. The second-order valence-electron chi connectivity index (χ2n) is 6.39. The van der Waals surface area contributed by atoms with Crippen LogP contribution in [0.4, 0.5) is 0 Å². The fourth-order valence-corrected chi connectivity index (χ4v) is 5.23. The summed E-state index contributed by atoms with van der Waals surface area (Å²) in [5.41, 5.74) is 1.21. The van der Waals surface area contributed by atoms with Crippen LogP contribution in [0.25, 0.3) is 0 Å². The lowest BCUT2D eigenvalue weighted by Crippen LogP contribution is -2.21. The summed E-state index contributed by atoms with van der Waals surface area (Å²) in [6, 6.07) is 7.62. The smallest absolute Gasteiger partial charge is 0.338 e. The SMILES string of the molecule is Cc1ccccc1[C@@H]1OC(=O)C[C@H]1P(=O)(OC(C)C)OC(C)C. The Morgan fingerprint density at radius 2 is 1.70 bits per heavy atom. The molecule has 0 N–H and O–H groups in total. The molecule has 1 aromatic carbocycles. The second-order valence-corrected chi connectivity index (χ2v) is 8.55. The number of benzene rings is 1. The zero-order chi connectivity index (χ0) is 17.2. The minimum atomic E-state index is -3.50.